The maximum atomic E-state index is 5.53. The van der Waals surface area contributed by atoms with Gasteiger partial charge in [-0.1, -0.05) is 5.16 Å². The first kappa shape index (κ1) is 10.7. The van der Waals surface area contributed by atoms with Crippen LogP contribution in [-0.4, -0.2) is 15.1 Å². The number of aromatic nitrogens is 3. The monoisotopic (exact) mass is 240 g/mol. The van der Waals surface area contributed by atoms with E-state index in [-0.39, 0.29) is 0 Å². The summed E-state index contributed by atoms with van der Waals surface area (Å²) in [5, 5.41) is 4.98. The number of nitrogens with two attached hydrogens (primary N) is 1. The summed E-state index contributed by atoms with van der Waals surface area (Å²) in [6.07, 6.45) is 3.21. The van der Waals surface area contributed by atoms with Crippen LogP contribution in [0.1, 0.15) is 11.3 Å². The SMILES string of the molecule is Cc1cc2c(C)noc2cc1-c1cnc(N)cn1. The molecule has 0 spiro atoms. The molecule has 2 heterocycles. The average Bonchev–Trinajstić information content (AvgIpc) is 2.71. The van der Waals surface area contributed by atoms with Crippen molar-refractivity contribution in [2.75, 3.05) is 5.73 Å². The second kappa shape index (κ2) is 3.80. The molecule has 0 atom stereocenters. The molecule has 0 aliphatic rings. The Morgan fingerprint density at radius 2 is 1.94 bits per heavy atom. The highest BCUT2D eigenvalue weighted by atomic mass is 16.5. The van der Waals surface area contributed by atoms with Crippen LogP contribution in [0.25, 0.3) is 22.2 Å². The molecule has 0 amide bonds. The number of hydrogen-bond acceptors (Lipinski definition) is 5. The fourth-order valence-electron chi connectivity index (χ4n) is 1.97. The highest BCUT2D eigenvalue weighted by Gasteiger charge is 2.10. The second-order valence-corrected chi connectivity index (χ2v) is 4.26. The van der Waals surface area contributed by atoms with Crippen molar-refractivity contribution in [1.82, 2.24) is 15.1 Å². The zero-order chi connectivity index (χ0) is 12.7. The van der Waals surface area contributed by atoms with Gasteiger partial charge in [-0.25, -0.2) is 4.98 Å². The Bertz CT molecular complexity index is 716. The Morgan fingerprint density at radius 1 is 1.11 bits per heavy atom. The number of benzene rings is 1. The summed E-state index contributed by atoms with van der Waals surface area (Å²) in [6, 6.07) is 3.99. The summed E-state index contributed by atoms with van der Waals surface area (Å²) < 4.78 is 5.27. The maximum absolute atomic E-state index is 5.53. The Hall–Kier alpha value is -2.43. The number of nitrogen functional groups attached to an aromatic ring is 1. The van der Waals surface area contributed by atoms with Gasteiger partial charge in [0.25, 0.3) is 0 Å². The topological polar surface area (TPSA) is 77.8 Å². The van der Waals surface area contributed by atoms with Gasteiger partial charge >= 0.3 is 0 Å². The van der Waals surface area contributed by atoms with E-state index < -0.39 is 0 Å². The van der Waals surface area contributed by atoms with Gasteiger partial charge in [-0.3, -0.25) is 4.98 Å². The Morgan fingerprint density at radius 3 is 2.67 bits per heavy atom. The fraction of sp³-hybridized carbons (Fsp3) is 0.154. The molecule has 0 unspecified atom stereocenters. The van der Waals surface area contributed by atoms with E-state index in [0.717, 1.165) is 33.5 Å². The number of fused-ring (bicyclic) bond motifs is 1. The van der Waals surface area contributed by atoms with E-state index in [1.807, 2.05) is 19.9 Å². The van der Waals surface area contributed by atoms with Crippen LogP contribution in [0, 0.1) is 13.8 Å². The molecule has 0 bridgehead atoms. The van der Waals surface area contributed by atoms with E-state index in [2.05, 4.69) is 21.2 Å². The lowest BCUT2D eigenvalue weighted by Crippen LogP contribution is -1.93. The van der Waals surface area contributed by atoms with Gasteiger partial charge in [-0.15, -0.1) is 0 Å². The first-order valence-electron chi connectivity index (χ1n) is 5.59. The van der Waals surface area contributed by atoms with Crippen molar-refractivity contribution >= 4 is 16.8 Å². The van der Waals surface area contributed by atoms with Crippen molar-refractivity contribution < 1.29 is 4.52 Å². The molecule has 0 saturated carbocycles. The lowest BCUT2D eigenvalue weighted by atomic mass is 10.0. The predicted molar refractivity (Wildman–Crippen MR) is 68.9 cm³/mol. The van der Waals surface area contributed by atoms with Gasteiger partial charge in [-0.05, 0) is 31.5 Å². The van der Waals surface area contributed by atoms with E-state index >= 15 is 0 Å². The van der Waals surface area contributed by atoms with E-state index in [9.17, 15) is 0 Å². The molecule has 90 valence electrons. The predicted octanol–water partition coefficient (Wildman–Crippen LogP) is 2.48. The Balaban J connectivity index is 2.22. The van der Waals surface area contributed by atoms with Crippen molar-refractivity contribution in [3.63, 3.8) is 0 Å². The minimum atomic E-state index is 0.410. The van der Waals surface area contributed by atoms with E-state index in [4.69, 9.17) is 10.3 Å². The number of anilines is 1. The van der Waals surface area contributed by atoms with E-state index in [0.29, 0.717) is 5.82 Å². The summed E-state index contributed by atoms with van der Waals surface area (Å²) in [6.45, 7) is 3.95. The minimum Gasteiger partial charge on any atom is -0.382 e. The summed E-state index contributed by atoms with van der Waals surface area (Å²) in [5.74, 6) is 0.410. The number of hydrogen-bond donors (Lipinski definition) is 1. The molecule has 18 heavy (non-hydrogen) atoms. The first-order chi connectivity index (χ1) is 8.65. The third-order valence-corrected chi connectivity index (χ3v) is 2.95. The molecule has 5 nitrogen and oxygen atoms in total. The molecule has 0 fully saturated rings. The van der Waals surface area contributed by atoms with Crippen LogP contribution in [0.5, 0.6) is 0 Å². The third kappa shape index (κ3) is 1.60. The van der Waals surface area contributed by atoms with E-state index in [1.54, 1.807) is 12.4 Å². The van der Waals surface area contributed by atoms with Gasteiger partial charge in [0, 0.05) is 10.9 Å². The number of nitrogens with zero attached hydrogens (tertiary/aromatic N) is 3. The maximum Gasteiger partial charge on any atom is 0.167 e. The second-order valence-electron chi connectivity index (χ2n) is 4.26. The van der Waals surface area contributed by atoms with Crippen LogP contribution in [0.4, 0.5) is 5.82 Å². The molecule has 2 N–H and O–H groups in total. The van der Waals surface area contributed by atoms with Crippen molar-refractivity contribution in [2.45, 2.75) is 13.8 Å². The van der Waals surface area contributed by atoms with Gasteiger partial charge in [-0.2, -0.15) is 0 Å². The standard InChI is InChI=1S/C13H12N4O/c1-7-3-10-8(2)17-18-12(10)4-9(7)11-5-16-13(14)6-15-11/h3-6H,1-2H3,(H2,14,16). The van der Waals surface area contributed by atoms with Crippen molar-refractivity contribution in [3.05, 3.63) is 35.8 Å². The molecule has 1 aromatic carbocycles. The Labute approximate surface area is 104 Å². The van der Waals surface area contributed by atoms with Crippen LogP contribution in [0.3, 0.4) is 0 Å². The largest absolute Gasteiger partial charge is 0.382 e. The summed E-state index contributed by atoms with van der Waals surface area (Å²) >= 11 is 0. The third-order valence-electron chi connectivity index (χ3n) is 2.95. The fourth-order valence-corrected chi connectivity index (χ4v) is 1.97. The minimum absolute atomic E-state index is 0.410. The first-order valence-corrected chi connectivity index (χ1v) is 5.59. The molecule has 2 aromatic heterocycles. The lowest BCUT2D eigenvalue weighted by Gasteiger charge is -2.04. The van der Waals surface area contributed by atoms with Gasteiger partial charge < -0.3 is 10.3 Å². The number of rotatable bonds is 1. The van der Waals surface area contributed by atoms with Crippen molar-refractivity contribution in [3.8, 4) is 11.3 Å². The Kier molecular flexibility index (Phi) is 2.26. The smallest absolute Gasteiger partial charge is 0.167 e. The normalized spacial score (nSPS) is 11.0. The molecular formula is C13H12N4O. The van der Waals surface area contributed by atoms with Crippen LogP contribution in [-0.2, 0) is 0 Å². The van der Waals surface area contributed by atoms with Crippen LogP contribution in [0.15, 0.2) is 29.0 Å². The van der Waals surface area contributed by atoms with E-state index in [1.165, 1.54) is 0 Å². The molecule has 5 heteroatoms. The zero-order valence-electron chi connectivity index (χ0n) is 10.1. The van der Waals surface area contributed by atoms with Gasteiger partial charge in [0.2, 0.25) is 0 Å². The number of aryl methyl sites for hydroxylation is 2. The van der Waals surface area contributed by atoms with Gasteiger partial charge in [0.1, 0.15) is 5.82 Å². The van der Waals surface area contributed by atoms with Crippen LogP contribution < -0.4 is 5.73 Å². The molecule has 3 aromatic rings. The molecule has 3 rings (SSSR count). The van der Waals surface area contributed by atoms with Crippen molar-refractivity contribution in [1.29, 1.82) is 0 Å². The summed E-state index contributed by atoms with van der Waals surface area (Å²) in [4.78, 5) is 8.32. The molecule has 0 aliphatic carbocycles. The zero-order valence-corrected chi connectivity index (χ0v) is 10.1. The highest BCUT2D eigenvalue weighted by molar-refractivity contribution is 5.85. The quantitative estimate of drug-likeness (QED) is 0.707. The van der Waals surface area contributed by atoms with Crippen LogP contribution in [0.2, 0.25) is 0 Å². The summed E-state index contributed by atoms with van der Waals surface area (Å²) in [5.41, 5.74) is 10.0. The molecular weight excluding hydrogens is 228 g/mol. The van der Waals surface area contributed by atoms with Gasteiger partial charge in [0.05, 0.1) is 23.8 Å². The molecule has 0 radical (unpaired) electrons. The summed E-state index contributed by atoms with van der Waals surface area (Å²) in [7, 11) is 0. The molecule has 0 aliphatic heterocycles. The van der Waals surface area contributed by atoms with Crippen molar-refractivity contribution in [2.24, 2.45) is 0 Å². The average molecular weight is 240 g/mol. The lowest BCUT2D eigenvalue weighted by molar-refractivity contribution is 0.450. The van der Waals surface area contributed by atoms with Crippen LogP contribution >= 0.6 is 0 Å². The molecule has 0 saturated heterocycles. The van der Waals surface area contributed by atoms with Gasteiger partial charge in [0.15, 0.2) is 5.58 Å². The highest BCUT2D eigenvalue weighted by Crippen LogP contribution is 2.28.